The molecule has 7 nitrogen and oxygen atoms in total. The van der Waals surface area contributed by atoms with Gasteiger partial charge in [0.15, 0.2) is 0 Å². The molecular weight excluding hydrogens is 350 g/mol. The lowest BCUT2D eigenvalue weighted by molar-refractivity contribution is 0.0687. The van der Waals surface area contributed by atoms with Crippen molar-refractivity contribution in [1.29, 1.82) is 0 Å². The first kappa shape index (κ1) is 17.0. The summed E-state index contributed by atoms with van der Waals surface area (Å²) < 4.78 is 1.77. The number of nitrogens with zero attached hydrogens (tertiary/aromatic N) is 4. The second-order valence-corrected chi connectivity index (χ2v) is 7.82. The first-order chi connectivity index (χ1) is 12.6. The summed E-state index contributed by atoms with van der Waals surface area (Å²) in [6.45, 7) is 5.37. The van der Waals surface area contributed by atoms with Crippen molar-refractivity contribution in [3.8, 4) is 0 Å². The van der Waals surface area contributed by atoms with Gasteiger partial charge in [0.1, 0.15) is 10.5 Å². The number of carbonyl (C=O) groups excluding carboxylic acids is 1. The number of likely N-dealkylation sites (tertiary alicyclic amines) is 1. The highest BCUT2D eigenvalue weighted by Crippen LogP contribution is 2.28. The van der Waals surface area contributed by atoms with E-state index in [4.69, 9.17) is 0 Å². The van der Waals surface area contributed by atoms with Crippen LogP contribution in [0.1, 0.15) is 46.7 Å². The van der Waals surface area contributed by atoms with Gasteiger partial charge in [0.2, 0.25) is 0 Å². The van der Waals surface area contributed by atoms with E-state index in [0.717, 1.165) is 35.0 Å². The number of aromatic amines is 1. The maximum atomic E-state index is 13.1. The maximum absolute atomic E-state index is 13.1. The van der Waals surface area contributed by atoms with Gasteiger partial charge in [0, 0.05) is 30.2 Å². The second-order valence-electron chi connectivity index (χ2n) is 6.62. The van der Waals surface area contributed by atoms with E-state index in [0.29, 0.717) is 18.8 Å². The summed E-state index contributed by atoms with van der Waals surface area (Å²) in [5, 5.41) is 7.32. The topological polar surface area (TPSA) is 83.9 Å². The lowest BCUT2D eigenvalue weighted by Crippen LogP contribution is -2.41. The van der Waals surface area contributed by atoms with E-state index in [2.05, 4.69) is 29.0 Å². The molecule has 0 aliphatic carbocycles. The quantitative estimate of drug-likeness (QED) is 0.767. The Kier molecular flexibility index (Phi) is 4.36. The third-order valence-corrected chi connectivity index (χ3v) is 6.22. The van der Waals surface area contributed by atoms with E-state index in [1.165, 1.54) is 4.88 Å². The highest BCUT2D eigenvalue weighted by molar-refractivity contribution is 7.18. The molecular formula is C18H21N5O2S. The number of piperidine rings is 1. The number of hydrogen-bond donors (Lipinski definition) is 1. The van der Waals surface area contributed by atoms with Gasteiger partial charge in [-0.3, -0.25) is 19.3 Å². The highest BCUT2D eigenvalue weighted by Gasteiger charge is 2.26. The Morgan fingerprint density at radius 2 is 2.15 bits per heavy atom. The Bertz CT molecular complexity index is 997. The summed E-state index contributed by atoms with van der Waals surface area (Å²) >= 11 is 1.59. The summed E-state index contributed by atoms with van der Waals surface area (Å²) in [7, 11) is 0. The number of hydrogen-bond acceptors (Lipinski definition) is 5. The average molecular weight is 371 g/mol. The molecule has 1 saturated heterocycles. The summed E-state index contributed by atoms with van der Waals surface area (Å²) in [5.41, 5.74) is 1.67. The van der Waals surface area contributed by atoms with Crippen molar-refractivity contribution < 1.29 is 4.79 Å². The number of nitrogens with one attached hydrogen (secondary N) is 1. The van der Waals surface area contributed by atoms with Gasteiger partial charge >= 0.3 is 0 Å². The molecule has 0 spiro atoms. The number of thiophene rings is 1. The van der Waals surface area contributed by atoms with Crippen LogP contribution >= 0.6 is 11.3 Å². The number of aromatic nitrogens is 4. The van der Waals surface area contributed by atoms with E-state index < -0.39 is 0 Å². The number of amides is 1. The monoisotopic (exact) mass is 371 g/mol. The molecule has 4 heterocycles. The van der Waals surface area contributed by atoms with Crippen LogP contribution in [0.15, 0.2) is 23.4 Å². The fourth-order valence-corrected chi connectivity index (χ4v) is 4.82. The molecule has 1 aliphatic heterocycles. The molecule has 1 aliphatic rings. The van der Waals surface area contributed by atoms with Gasteiger partial charge in [0.05, 0.1) is 11.7 Å². The number of rotatable bonds is 3. The van der Waals surface area contributed by atoms with Crippen LogP contribution < -0.4 is 5.56 Å². The Hall–Kier alpha value is -2.48. The van der Waals surface area contributed by atoms with Crippen molar-refractivity contribution in [2.75, 3.05) is 13.1 Å². The van der Waals surface area contributed by atoms with Gasteiger partial charge in [-0.1, -0.05) is 6.92 Å². The third kappa shape index (κ3) is 2.74. The molecule has 0 atom stereocenters. The minimum Gasteiger partial charge on any atom is -0.337 e. The standard InChI is InChI=1S/C18H21N5O2S/c1-3-13-11(2)26-16-15(13)18(25)23(10-19-16)12-5-8-22(9-6-12)17(24)14-4-7-20-21-14/h4,7,10,12H,3,5-6,8-9H2,1-2H3,(H,20,21). The number of aryl methyl sites for hydroxylation is 2. The minimum atomic E-state index is -0.0383. The number of H-pyrrole nitrogens is 1. The molecule has 0 saturated carbocycles. The van der Waals surface area contributed by atoms with E-state index in [-0.39, 0.29) is 17.5 Å². The Morgan fingerprint density at radius 3 is 2.81 bits per heavy atom. The molecule has 0 aromatic carbocycles. The first-order valence-electron chi connectivity index (χ1n) is 8.88. The lowest BCUT2D eigenvalue weighted by atomic mass is 10.0. The fraction of sp³-hybridized carbons (Fsp3) is 0.444. The van der Waals surface area contributed by atoms with Gasteiger partial charge in [0.25, 0.3) is 11.5 Å². The largest absolute Gasteiger partial charge is 0.337 e. The summed E-state index contributed by atoms with van der Waals surface area (Å²) in [6, 6.07) is 1.76. The smallest absolute Gasteiger partial charge is 0.271 e. The zero-order chi connectivity index (χ0) is 18.3. The molecule has 4 rings (SSSR count). The van der Waals surface area contributed by atoms with Gasteiger partial charge in [-0.25, -0.2) is 4.98 Å². The average Bonchev–Trinajstić information content (AvgIpc) is 3.29. The molecule has 3 aromatic rings. The molecule has 26 heavy (non-hydrogen) atoms. The highest BCUT2D eigenvalue weighted by atomic mass is 32.1. The summed E-state index contributed by atoms with van der Waals surface area (Å²) in [5.74, 6) is -0.0383. The van der Waals surface area contributed by atoms with E-state index >= 15 is 0 Å². The first-order valence-corrected chi connectivity index (χ1v) is 9.69. The van der Waals surface area contributed by atoms with Gasteiger partial charge < -0.3 is 4.90 Å². The molecule has 1 N–H and O–H groups in total. The summed E-state index contributed by atoms with van der Waals surface area (Å²) in [6.07, 6.45) is 5.59. The zero-order valence-corrected chi connectivity index (χ0v) is 15.7. The molecule has 1 fully saturated rings. The number of carbonyl (C=O) groups is 1. The van der Waals surface area contributed by atoms with E-state index in [1.54, 1.807) is 34.5 Å². The normalized spacial score (nSPS) is 15.7. The molecule has 8 heteroatoms. The van der Waals surface area contributed by atoms with Crippen molar-refractivity contribution in [3.63, 3.8) is 0 Å². The van der Waals surface area contributed by atoms with Crippen LogP contribution in [0.25, 0.3) is 10.2 Å². The second kappa shape index (κ2) is 6.68. The predicted octanol–water partition coefficient (Wildman–Crippen LogP) is 2.53. The van der Waals surface area contributed by atoms with Crippen LogP contribution in [0.4, 0.5) is 0 Å². The fourth-order valence-electron chi connectivity index (χ4n) is 3.75. The van der Waals surface area contributed by atoms with Gasteiger partial charge in [-0.05, 0) is 37.8 Å². The predicted molar refractivity (Wildman–Crippen MR) is 101 cm³/mol. The van der Waals surface area contributed by atoms with Crippen LogP contribution in [0.5, 0.6) is 0 Å². The van der Waals surface area contributed by atoms with Gasteiger partial charge in [-0.15, -0.1) is 11.3 Å². The van der Waals surface area contributed by atoms with Crippen LogP contribution in [-0.2, 0) is 6.42 Å². The lowest BCUT2D eigenvalue weighted by Gasteiger charge is -2.32. The minimum absolute atomic E-state index is 0.0383. The van der Waals surface area contributed by atoms with Crippen LogP contribution in [-0.4, -0.2) is 43.6 Å². The SMILES string of the molecule is CCc1c(C)sc2ncn(C3CCN(C(=O)c4ccn[nH]4)CC3)c(=O)c12. The molecule has 0 unspecified atom stereocenters. The van der Waals surface area contributed by atoms with Crippen LogP contribution in [0.2, 0.25) is 0 Å². The number of fused-ring (bicyclic) bond motifs is 1. The van der Waals surface area contributed by atoms with Crippen LogP contribution in [0, 0.1) is 6.92 Å². The van der Waals surface area contributed by atoms with Crippen molar-refractivity contribution in [1.82, 2.24) is 24.6 Å². The third-order valence-electron chi connectivity index (χ3n) is 5.17. The molecule has 3 aromatic heterocycles. The van der Waals surface area contributed by atoms with Crippen molar-refractivity contribution in [2.24, 2.45) is 0 Å². The molecule has 1 amide bonds. The zero-order valence-electron chi connectivity index (χ0n) is 14.9. The molecule has 0 bridgehead atoms. The maximum Gasteiger partial charge on any atom is 0.271 e. The van der Waals surface area contributed by atoms with E-state index in [9.17, 15) is 9.59 Å². The molecule has 136 valence electrons. The van der Waals surface area contributed by atoms with E-state index in [1.807, 2.05) is 4.90 Å². The Balaban J connectivity index is 1.57. The Morgan fingerprint density at radius 1 is 1.38 bits per heavy atom. The Labute approximate surface area is 154 Å². The van der Waals surface area contributed by atoms with Crippen molar-refractivity contribution in [3.05, 3.63) is 45.1 Å². The van der Waals surface area contributed by atoms with Crippen molar-refractivity contribution >= 4 is 27.5 Å². The summed E-state index contributed by atoms with van der Waals surface area (Å²) in [4.78, 5) is 33.8. The van der Waals surface area contributed by atoms with Crippen LogP contribution in [0.3, 0.4) is 0 Å². The van der Waals surface area contributed by atoms with Gasteiger partial charge in [-0.2, -0.15) is 5.10 Å². The molecule has 0 radical (unpaired) electrons. The van der Waals surface area contributed by atoms with Crippen molar-refractivity contribution in [2.45, 2.75) is 39.2 Å².